The summed E-state index contributed by atoms with van der Waals surface area (Å²) in [5, 5.41) is 8.71. The van der Waals surface area contributed by atoms with E-state index in [1.54, 1.807) is 0 Å². The van der Waals surface area contributed by atoms with Gasteiger partial charge in [-0.1, -0.05) is 20.8 Å². The van der Waals surface area contributed by atoms with E-state index in [0.717, 1.165) is 0 Å². The van der Waals surface area contributed by atoms with Gasteiger partial charge in [-0.2, -0.15) is 0 Å². The quantitative estimate of drug-likeness (QED) is 0.669. The molecule has 0 saturated heterocycles. The van der Waals surface area contributed by atoms with Gasteiger partial charge in [-0.15, -0.1) is 0 Å². The Labute approximate surface area is 78.1 Å². The van der Waals surface area contributed by atoms with E-state index >= 15 is 0 Å². The van der Waals surface area contributed by atoms with E-state index in [1.807, 2.05) is 13.8 Å². The van der Waals surface area contributed by atoms with Crippen LogP contribution in [0.1, 0.15) is 27.2 Å². The van der Waals surface area contributed by atoms with Crippen LogP contribution in [0.2, 0.25) is 0 Å². The van der Waals surface area contributed by atoms with E-state index < -0.39 is 23.7 Å². The highest BCUT2D eigenvalue weighted by Crippen LogP contribution is 2.20. The van der Waals surface area contributed by atoms with Crippen LogP contribution in [0.15, 0.2) is 0 Å². The number of carboxylic acids is 1. The zero-order chi connectivity index (χ0) is 10.6. The Bertz CT molecular complexity index is 201. The Morgan fingerprint density at radius 1 is 1.31 bits per heavy atom. The summed E-state index contributed by atoms with van der Waals surface area (Å²) in [7, 11) is 0. The first-order valence-corrected chi connectivity index (χ1v) is 4.38. The highest BCUT2D eigenvalue weighted by molar-refractivity contribution is 5.83. The number of rotatable bonds is 5. The summed E-state index contributed by atoms with van der Waals surface area (Å²) in [6.07, 6.45) is 0.531. The second-order valence-corrected chi connectivity index (χ2v) is 3.77. The molecule has 0 aromatic heterocycles. The zero-order valence-electron chi connectivity index (χ0n) is 8.28. The molecular weight excluding hydrogens is 170 g/mol. The average molecular weight is 187 g/mol. The molecule has 0 rings (SSSR count). The van der Waals surface area contributed by atoms with E-state index in [4.69, 9.17) is 10.8 Å². The van der Waals surface area contributed by atoms with Crippen molar-refractivity contribution in [2.75, 3.05) is 0 Å². The molecular formula is C9H17NO3. The molecule has 0 spiro atoms. The molecule has 0 heterocycles. The molecule has 1 amide bonds. The number of primary amides is 1. The molecule has 0 bridgehead atoms. The smallest absolute Gasteiger partial charge is 0.307 e. The van der Waals surface area contributed by atoms with Gasteiger partial charge < -0.3 is 10.8 Å². The Morgan fingerprint density at radius 2 is 1.77 bits per heavy atom. The molecule has 3 N–H and O–H groups in total. The summed E-state index contributed by atoms with van der Waals surface area (Å²) in [6, 6.07) is 0. The maximum Gasteiger partial charge on any atom is 0.307 e. The third-order valence-corrected chi connectivity index (χ3v) is 2.08. The van der Waals surface area contributed by atoms with Gasteiger partial charge in [0.25, 0.3) is 0 Å². The van der Waals surface area contributed by atoms with Crippen molar-refractivity contribution in [1.82, 2.24) is 0 Å². The molecule has 13 heavy (non-hydrogen) atoms. The Hall–Kier alpha value is -1.06. The summed E-state index contributed by atoms with van der Waals surface area (Å²) in [5.74, 6) is -2.47. The van der Waals surface area contributed by atoms with Crippen molar-refractivity contribution in [2.24, 2.45) is 23.5 Å². The number of carboxylic acid groups (broad SMARTS) is 1. The summed E-state index contributed by atoms with van der Waals surface area (Å²) in [5.41, 5.74) is 5.12. The highest BCUT2D eigenvalue weighted by Gasteiger charge is 2.28. The molecule has 0 saturated carbocycles. The number of hydrogen-bond acceptors (Lipinski definition) is 2. The van der Waals surface area contributed by atoms with Crippen molar-refractivity contribution in [3.63, 3.8) is 0 Å². The second-order valence-electron chi connectivity index (χ2n) is 3.77. The predicted molar refractivity (Wildman–Crippen MR) is 48.9 cm³/mol. The largest absolute Gasteiger partial charge is 0.481 e. The number of nitrogens with two attached hydrogens (primary N) is 1. The van der Waals surface area contributed by atoms with Crippen LogP contribution in [0.5, 0.6) is 0 Å². The van der Waals surface area contributed by atoms with Crippen LogP contribution < -0.4 is 5.73 Å². The minimum atomic E-state index is -0.968. The van der Waals surface area contributed by atoms with E-state index in [-0.39, 0.29) is 5.92 Å². The van der Waals surface area contributed by atoms with E-state index in [9.17, 15) is 9.59 Å². The molecule has 4 nitrogen and oxygen atoms in total. The molecule has 0 aliphatic carbocycles. The third-order valence-electron chi connectivity index (χ3n) is 2.08. The summed E-state index contributed by atoms with van der Waals surface area (Å²) >= 11 is 0. The zero-order valence-corrected chi connectivity index (χ0v) is 8.28. The number of hydrogen-bond donors (Lipinski definition) is 2. The van der Waals surface area contributed by atoms with E-state index in [0.29, 0.717) is 6.42 Å². The van der Waals surface area contributed by atoms with E-state index in [1.165, 1.54) is 6.92 Å². The lowest BCUT2D eigenvalue weighted by Crippen LogP contribution is -2.33. The fraction of sp³-hybridized carbons (Fsp3) is 0.778. The Morgan fingerprint density at radius 3 is 2.00 bits per heavy atom. The molecule has 0 fully saturated rings. The lowest BCUT2D eigenvalue weighted by atomic mass is 9.86. The van der Waals surface area contributed by atoms with Crippen molar-refractivity contribution in [1.29, 1.82) is 0 Å². The molecule has 76 valence electrons. The fourth-order valence-electron chi connectivity index (χ4n) is 1.25. The molecule has 2 atom stereocenters. The van der Waals surface area contributed by atoms with Crippen LogP contribution in [0, 0.1) is 17.8 Å². The minimum Gasteiger partial charge on any atom is -0.481 e. The van der Waals surface area contributed by atoms with Crippen molar-refractivity contribution in [2.45, 2.75) is 27.2 Å². The van der Waals surface area contributed by atoms with Gasteiger partial charge in [0.2, 0.25) is 5.91 Å². The van der Waals surface area contributed by atoms with Gasteiger partial charge >= 0.3 is 5.97 Å². The highest BCUT2D eigenvalue weighted by atomic mass is 16.4. The average Bonchev–Trinajstić information content (AvgIpc) is 1.97. The van der Waals surface area contributed by atoms with Gasteiger partial charge in [0.05, 0.1) is 11.8 Å². The van der Waals surface area contributed by atoms with Crippen molar-refractivity contribution < 1.29 is 14.7 Å². The van der Waals surface area contributed by atoms with Crippen molar-refractivity contribution in [3.05, 3.63) is 0 Å². The maximum absolute atomic E-state index is 10.9. The molecule has 0 aromatic rings. The first-order chi connectivity index (χ1) is 5.86. The van der Waals surface area contributed by atoms with Gasteiger partial charge in [-0.25, -0.2) is 0 Å². The van der Waals surface area contributed by atoms with Crippen LogP contribution in [-0.4, -0.2) is 17.0 Å². The summed E-state index contributed by atoms with van der Waals surface area (Å²) in [6.45, 7) is 5.38. The van der Waals surface area contributed by atoms with Gasteiger partial charge in [0.15, 0.2) is 0 Å². The lowest BCUT2D eigenvalue weighted by molar-refractivity contribution is -0.146. The van der Waals surface area contributed by atoms with Gasteiger partial charge in [0.1, 0.15) is 0 Å². The molecule has 0 aliphatic rings. The van der Waals surface area contributed by atoms with Crippen molar-refractivity contribution in [3.8, 4) is 0 Å². The number of carbonyl (C=O) groups excluding carboxylic acids is 1. The second kappa shape index (κ2) is 4.84. The molecule has 0 aromatic carbocycles. The first-order valence-electron chi connectivity index (χ1n) is 4.38. The number of carbonyl (C=O) groups is 2. The fourth-order valence-corrected chi connectivity index (χ4v) is 1.25. The maximum atomic E-state index is 10.9. The standard InChI is InChI=1S/C9H17NO3/c1-5(2)4-7(8(10)11)6(3)9(12)13/h5-7H,4H2,1-3H3,(H2,10,11)(H,12,13)/t6-,7+/m0/s1. The number of aliphatic carboxylic acids is 1. The SMILES string of the molecule is CC(C)C[C@@H](C(N)=O)[C@H](C)C(=O)O. The monoisotopic (exact) mass is 187 g/mol. The van der Waals surface area contributed by atoms with Gasteiger partial charge in [0, 0.05) is 0 Å². The van der Waals surface area contributed by atoms with E-state index in [2.05, 4.69) is 0 Å². The minimum absolute atomic E-state index is 0.277. The lowest BCUT2D eigenvalue weighted by Gasteiger charge is -2.19. The Kier molecular flexibility index (Phi) is 4.45. The summed E-state index contributed by atoms with van der Waals surface area (Å²) in [4.78, 5) is 21.6. The van der Waals surface area contributed by atoms with Crippen molar-refractivity contribution >= 4 is 11.9 Å². The van der Waals surface area contributed by atoms with Crippen LogP contribution in [0.3, 0.4) is 0 Å². The normalized spacial score (nSPS) is 15.4. The molecule has 0 unspecified atom stereocenters. The molecule has 0 radical (unpaired) electrons. The van der Waals surface area contributed by atoms with Crippen LogP contribution >= 0.6 is 0 Å². The topological polar surface area (TPSA) is 80.4 Å². The third kappa shape index (κ3) is 3.92. The number of amides is 1. The predicted octanol–water partition coefficient (Wildman–Crippen LogP) is 0.855. The Balaban J connectivity index is 4.42. The van der Waals surface area contributed by atoms with Gasteiger partial charge in [-0.05, 0) is 12.3 Å². The van der Waals surface area contributed by atoms with Crippen LogP contribution in [0.25, 0.3) is 0 Å². The van der Waals surface area contributed by atoms with Crippen LogP contribution in [0.4, 0.5) is 0 Å². The van der Waals surface area contributed by atoms with Crippen LogP contribution in [-0.2, 0) is 9.59 Å². The molecule has 0 aliphatic heterocycles. The first kappa shape index (κ1) is 11.9. The van der Waals surface area contributed by atoms with Gasteiger partial charge in [-0.3, -0.25) is 9.59 Å². The summed E-state index contributed by atoms with van der Waals surface area (Å²) < 4.78 is 0. The molecule has 4 heteroatoms.